The van der Waals surface area contributed by atoms with Crippen molar-refractivity contribution in [2.24, 2.45) is 5.92 Å². The molecule has 0 saturated carbocycles. The van der Waals surface area contributed by atoms with Crippen molar-refractivity contribution < 1.29 is 9.84 Å². The van der Waals surface area contributed by atoms with Gasteiger partial charge in [0.15, 0.2) is 0 Å². The van der Waals surface area contributed by atoms with Gasteiger partial charge in [-0.3, -0.25) is 0 Å². The lowest BCUT2D eigenvalue weighted by atomic mass is 9.89. The first-order valence-corrected chi connectivity index (χ1v) is 5.96. The molecule has 1 aliphatic heterocycles. The average Bonchev–Trinajstić information content (AvgIpc) is 2.56. The molecule has 0 unspecified atom stereocenters. The number of benzene rings is 1. The predicted molar refractivity (Wildman–Crippen MR) is 64.2 cm³/mol. The quantitative estimate of drug-likeness (QED) is 0.848. The Bertz CT molecular complexity index is 332. The van der Waals surface area contributed by atoms with Gasteiger partial charge in [0.2, 0.25) is 0 Å². The summed E-state index contributed by atoms with van der Waals surface area (Å²) in [4.78, 5) is 0. The van der Waals surface area contributed by atoms with Crippen molar-refractivity contribution in [3.63, 3.8) is 0 Å². The molecule has 0 amide bonds. The van der Waals surface area contributed by atoms with Gasteiger partial charge in [-0.2, -0.15) is 0 Å². The summed E-state index contributed by atoms with van der Waals surface area (Å²) < 4.78 is 6.09. The van der Waals surface area contributed by atoms with Gasteiger partial charge in [-0.25, -0.2) is 0 Å². The van der Waals surface area contributed by atoms with E-state index in [-0.39, 0.29) is 18.3 Å². The molecule has 1 N–H and O–H groups in total. The van der Waals surface area contributed by atoms with Crippen LogP contribution in [-0.2, 0) is 4.74 Å². The summed E-state index contributed by atoms with van der Waals surface area (Å²) in [5.41, 5.74) is 1.16. The molecule has 0 radical (unpaired) electrons. The van der Waals surface area contributed by atoms with Gasteiger partial charge in [0.25, 0.3) is 0 Å². The molecule has 2 rings (SSSR count). The molecule has 1 aliphatic rings. The van der Waals surface area contributed by atoms with Crippen molar-refractivity contribution in [2.45, 2.75) is 38.4 Å². The Balaban J connectivity index is 2.19. The molecule has 2 atom stereocenters. The molecule has 0 aromatic heterocycles. The lowest BCUT2D eigenvalue weighted by Crippen LogP contribution is -2.17. The lowest BCUT2D eigenvalue weighted by molar-refractivity contribution is -0.0235. The topological polar surface area (TPSA) is 29.5 Å². The molecule has 16 heavy (non-hydrogen) atoms. The summed E-state index contributed by atoms with van der Waals surface area (Å²) in [6, 6.07) is 10.3. The van der Waals surface area contributed by atoms with Gasteiger partial charge in [-0.1, -0.05) is 30.3 Å². The highest BCUT2D eigenvalue weighted by atomic mass is 16.5. The third kappa shape index (κ3) is 2.45. The highest BCUT2D eigenvalue weighted by Gasteiger charge is 2.40. The van der Waals surface area contributed by atoms with Crippen molar-refractivity contribution in [1.82, 2.24) is 0 Å². The molecule has 1 aromatic rings. The van der Waals surface area contributed by atoms with Crippen molar-refractivity contribution in [3.8, 4) is 0 Å². The van der Waals surface area contributed by atoms with Crippen LogP contribution < -0.4 is 0 Å². The van der Waals surface area contributed by atoms with E-state index in [1.54, 1.807) is 0 Å². The number of aliphatic hydroxyl groups is 1. The third-order valence-electron chi connectivity index (χ3n) is 3.26. The minimum Gasteiger partial charge on any atom is -0.396 e. The molecule has 1 heterocycles. The maximum absolute atomic E-state index is 9.11. The van der Waals surface area contributed by atoms with E-state index in [4.69, 9.17) is 9.84 Å². The summed E-state index contributed by atoms with van der Waals surface area (Å²) in [5, 5.41) is 9.11. The number of ether oxygens (including phenoxy) is 1. The fraction of sp³-hybridized carbons (Fsp3) is 0.571. The molecule has 0 bridgehead atoms. The maximum Gasteiger partial charge on any atom is 0.0862 e. The van der Waals surface area contributed by atoms with Crippen LogP contribution in [-0.4, -0.2) is 17.3 Å². The van der Waals surface area contributed by atoms with Crippen LogP contribution in [0.15, 0.2) is 30.3 Å². The Hall–Kier alpha value is -0.860. The molecule has 0 spiro atoms. The van der Waals surface area contributed by atoms with Gasteiger partial charge in [0.1, 0.15) is 0 Å². The zero-order chi connectivity index (χ0) is 11.6. The molecule has 2 heteroatoms. The maximum atomic E-state index is 9.11. The molecule has 1 aromatic carbocycles. The first-order chi connectivity index (χ1) is 7.62. The van der Waals surface area contributed by atoms with E-state index in [2.05, 4.69) is 26.0 Å². The SMILES string of the molecule is CC1(C)C[C@@H](CCO)[C@H](c2ccccc2)O1. The van der Waals surface area contributed by atoms with Crippen LogP contribution >= 0.6 is 0 Å². The third-order valence-corrected chi connectivity index (χ3v) is 3.26. The fourth-order valence-corrected chi connectivity index (χ4v) is 2.63. The van der Waals surface area contributed by atoms with E-state index in [9.17, 15) is 0 Å². The van der Waals surface area contributed by atoms with Crippen LogP contribution in [0.25, 0.3) is 0 Å². The van der Waals surface area contributed by atoms with Crippen LogP contribution in [0.4, 0.5) is 0 Å². The molecule has 1 fully saturated rings. The van der Waals surface area contributed by atoms with E-state index in [1.807, 2.05) is 18.2 Å². The Morgan fingerprint density at radius 3 is 2.62 bits per heavy atom. The smallest absolute Gasteiger partial charge is 0.0862 e. The second-order valence-corrected chi connectivity index (χ2v) is 5.19. The van der Waals surface area contributed by atoms with E-state index < -0.39 is 0 Å². The number of hydrogen-bond donors (Lipinski definition) is 1. The van der Waals surface area contributed by atoms with Crippen molar-refractivity contribution in [3.05, 3.63) is 35.9 Å². The number of aliphatic hydroxyl groups excluding tert-OH is 1. The summed E-state index contributed by atoms with van der Waals surface area (Å²) in [5.74, 6) is 0.433. The molecule has 88 valence electrons. The second kappa shape index (κ2) is 4.56. The summed E-state index contributed by atoms with van der Waals surface area (Å²) in [7, 11) is 0. The van der Waals surface area contributed by atoms with Crippen molar-refractivity contribution in [1.29, 1.82) is 0 Å². The van der Waals surface area contributed by atoms with Gasteiger partial charge in [-0.05, 0) is 38.2 Å². The summed E-state index contributed by atoms with van der Waals surface area (Å²) >= 11 is 0. The summed E-state index contributed by atoms with van der Waals surface area (Å²) in [6.07, 6.45) is 1.99. The highest BCUT2D eigenvalue weighted by molar-refractivity contribution is 5.20. The first kappa shape index (κ1) is 11.6. The van der Waals surface area contributed by atoms with Crippen molar-refractivity contribution >= 4 is 0 Å². The normalized spacial score (nSPS) is 28.2. The number of hydrogen-bond acceptors (Lipinski definition) is 2. The standard InChI is InChI=1S/C14H20O2/c1-14(2)10-12(8-9-15)13(16-14)11-6-4-3-5-7-11/h3-7,12-13,15H,8-10H2,1-2H3/t12-,13+/m1/s1. The number of rotatable bonds is 3. The molecule has 1 saturated heterocycles. The van der Waals surface area contributed by atoms with Crippen LogP contribution in [0, 0.1) is 5.92 Å². The Morgan fingerprint density at radius 2 is 2.00 bits per heavy atom. The van der Waals surface area contributed by atoms with Crippen LogP contribution in [0.3, 0.4) is 0 Å². The van der Waals surface area contributed by atoms with E-state index in [1.165, 1.54) is 5.56 Å². The van der Waals surface area contributed by atoms with Gasteiger partial charge in [0, 0.05) is 6.61 Å². The van der Waals surface area contributed by atoms with Crippen LogP contribution in [0.2, 0.25) is 0 Å². The van der Waals surface area contributed by atoms with E-state index in [0.29, 0.717) is 5.92 Å². The first-order valence-electron chi connectivity index (χ1n) is 5.96. The monoisotopic (exact) mass is 220 g/mol. The molecular formula is C14H20O2. The van der Waals surface area contributed by atoms with E-state index >= 15 is 0 Å². The molecule has 0 aliphatic carbocycles. The van der Waals surface area contributed by atoms with Crippen LogP contribution in [0.1, 0.15) is 38.4 Å². The minimum atomic E-state index is -0.0691. The van der Waals surface area contributed by atoms with Crippen molar-refractivity contribution in [2.75, 3.05) is 6.61 Å². The largest absolute Gasteiger partial charge is 0.396 e. The minimum absolute atomic E-state index is 0.0691. The summed E-state index contributed by atoms with van der Waals surface area (Å²) in [6.45, 7) is 4.49. The second-order valence-electron chi connectivity index (χ2n) is 5.19. The predicted octanol–water partition coefficient (Wildman–Crippen LogP) is 2.93. The fourth-order valence-electron chi connectivity index (χ4n) is 2.63. The Labute approximate surface area is 97.3 Å². The van der Waals surface area contributed by atoms with Gasteiger partial charge in [-0.15, -0.1) is 0 Å². The van der Waals surface area contributed by atoms with E-state index in [0.717, 1.165) is 12.8 Å². The van der Waals surface area contributed by atoms with Gasteiger partial charge < -0.3 is 9.84 Å². The van der Waals surface area contributed by atoms with Crippen LogP contribution in [0.5, 0.6) is 0 Å². The lowest BCUT2D eigenvalue weighted by Gasteiger charge is -2.20. The van der Waals surface area contributed by atoms with Gasteiger partial charge >= 0.3 is 0 Å². The zero-order valence-electron chi connectivity index (χ0n) is 10.0. The Kier molecular flexibility index (Phi) is 3.31. The zero-order valence-corrected chi connectivity index (χ0v) is 10.0. The molecular weight excluding hydrogens is 200 g/mol. The average molecular weight is 220 g/mol. The van der Waals surface area contributed by atoms with Gasteiger partial charge in [0.05, 0.1) is 11.7 Å². The highest BCUT2D eigenvalue weighted by Crippen LogP contribution is 2.44. The molecule has 2 nitrogen and oxygen atoms in total. The Morgan fingerprint density at radius 1 is 1.31 bits per heavy atom.